The Morgan fingerprint density at radius 3 is 2.53 bits per heavy atom. The second-order valence-electron chi connectivity index (χ2n) is 8.95. The Morgan fingerprint density at radius 1 is 1.13 bits per heavy atom. The van der Waals surface area contributed by atoms with Crippen molar-refractivity contribution in [2.75, 3.05) is 19.5 Å². The van der Waals surface area contributed by atoms with Crippen LogP contribution in [0, 0.1) is 0 Å². The third-order valence-electron chi connectivity index (χ3n) is 6.30. The topological polar surface area (TPSA) is 131 Å². The summed E-state index contributed by atoms with van der Waals surface area (Å²) in [7, 11) is 1.54. The van der Waals surface area contributed by atoms with Crippen molar-refractivity contribution in [3.63, 3.8) is 0 Å². The number of esters is 1. The predicted octanol–water partition coefficient (Wildman–Crippen LogP) is 1.43. The molecular formula is C27H30N2O8S. The molecule has 0 radical (unpaired) electrons. The van der Waals surface area contributed by atoms with Crippen LogP contribution in [0.5, 0.6) is 5.75 Å². The third-order valence-corrected chi connectivity index (χ3v) is 7.60. The number of likely N-dealkylation sites (tertiary alicyclic amines) is 1. The molecule has 2 aliphatic heterocycles. The number of hydrogen-bond donors (Lipinski definition) is 2. The highest BCUT2D eigenvalue weighted by Crippen LogP contribution is 2.33. The fraction of sp³-hybridized carbons (Fsp3) is 0.407. The molecule has 0 spiro atoms. The highest BCUT2D eigenvalue weighted by molar-refractivity contribution is 8.00. The number of amides is 2. The normalized spacial score (nSPS) is 21.4. The van der Waals surface area contributed by atoms with Crippen molar-refractivity contribution in [3.8, 4) is 5.75 Å². The molecule has 2 aromatic carbocycles. The van der Waals surface area contributed by atoms with Gasteiger partial charge in [0.15, 0.2) is 5.78 Å². The number of β-lactam (4-membered cyclic amide) rings is 1. The Kier molecular flexibility index (Phi) is 9.38. The van der Waals surface area contributed by atoms with Crippen molar-refractivity contribution >= 4 is 35.3 Å². The summed E-state index contributed by atoms with van der Waals surface area (Å²) >= 11 is 1.07. The van der Waals surface area contributed by atoms with Crippen LogP contribution in [0.25, 0.3) is 0 Å². The van der Waals surface area contributed by atoms with Gasteiger partial charge in [-0.05, 0) is 36.1 Å². The maximum absolute atomic E-state index is 13.0. The lowest BCUT2D eigenvalue weighted by Gasteiger charge is -2.47. The number of Topliss-reactive ketones (excluding diaryl/α,β-unsaturated/α-hetero) is 1. The van der Waals surface area contributed by atoms with Crippen LogP contribution in [-0.4, -0.2) is 76.8 Å². The van der Waals surface area contributed by atoms with Gasteiger partial charge in [0.1, 0.15) is 29.9 Å². The molecule has 1 unspecified atom stereocenters. The summed E-state index contributed by atoms with van der Waals surface area (Å²) in [6, 6.07) is 14.9. The first kappa shape index (κ1) is 27.6. The van der Waals surface area contributed by atoms with E-state index >= 15 is 0 Å². The standard InChI is InChI=1S/C27H30N2O8S/c1-35-19-11-9-18(10-12-19)15-37-27(34)25(33)29-24(32)23(28-22(31)14-17-6-3-2-4-7-17)26(29)38-16-20(30)21-8-5-13-36-21/h2-4,6-7,9-12,21,23,25-26,33H,5,8,13-16H2,1H3,(H,28,31)/t21-,23+,25?,26+/m0/s1. The highest BCUT2D eigenvalue weighted by Gasteiger charge is 2.53. The molecule has 4 atom stereocenters. The van der Waals surface area contributed by atoms with Crippen molar-refractivity contribution in [3.05, 3.63) is 65.7 Å². The lowest BCUT2D eigenvalue weighted by molar-refractivity contribution is -0.182. The SMILES string of the molecule is COc1ccc(COC(=O)C(O)N2C(=O)[C@@H](NC(=O)Cc3ccccc3)[C@H]2SCC(=O)[C@@H]2CCCO2)cc1. The first-order valence-corrected chi connectivity index (χ1v) is 13.3. The van der Waals surface area contributed by atoms with E-state index in [4.69, 9.17) is 14.2 Å². The van der Waals surface area contributed by atoms with Crippen LogP contribution in [0.1, 0.15) is 24.0 Å². The van der Waals surface area contributed by atoms with Crippen LogP contribution >= 0.6 is 11.8 Å². The smallest absolute Gasteiger partial charge is 0.356 e. The summed E-state index contributed by atoms with van der Waals surface area (Å²) in [5, 5.41) is 12.5. The molecule has 202 valence electrons. The number of methoxy groups -OCH3 is 1. The summed E-state index contributed by atoms with van der Waals surface area (Å²) in [6.45, 7) is 0.403. The number of aliphatic hydroxyl groups excluding tert-OH is 1. The highest BCUT2D eigenvalue weighted by atomic mass is 32.2. The Balaban J connectivity index is 1.39. The van der Waals surface area contributed by atoms with E-state index in [1.807, 2.05) is 18.2 Å². The summed E-state index contributed by atoms with van der Waals surface area (Å²) in [5.41, 5.74) is 1.44. The monoisotopic (exact) mass is 542 g/mol. The minimum atomic E-state index is -1.89. The number of carbonyl (C=O) groups is 4. The molecular weight excluding hydrogens is 512 g/mol. The van der Waals surface area contributed by atoms with Gasteiger partial charge >= 0.3 is 5.97 Å². The molecule has 11 heteroatoms. The Labute approximate surface area is 224 Å². The van der Waals surface area contributed by atoms with Gasteiger partial charge in [0.2, 0.25) is 12.1 Å². The summed E-state index contributed by atoms with van der Waals surface area (Å²) in [6.07, 6.45) is -0.907. The van der Waals surface area contributed by atoms with Gasteiger partial charge in [-0.3, -0.25) is 19.3 Å². The minimum Gasteiger partial charge on any atom is -0.497 e. The lowest BCUT2D eigenvalue weighted by Crippen LogP contribution is -2.73. The molecule has 38 heavy (non-hydrogen) atoms. The van der Waals surface area contributed by atoms with Crippen molar-refractivity contribution in [1.82, 2.24) is 10.2 Å². The third kappa shape index (κ3) is 6.72. The van der Waals surface area contributed by atoms with E-state index in [1.165, 1.54) is 7.11 Å². The molecule has 4 rings (SSSR count). The number of nitrogens with zero attached hydrogens (tertiary/aromatic N) is 1. The number of benzene rings is 2. The van der Waals surface area contributed by atoms with E-state index in [2.05, 4.69) is 5.32 Å². The number of ketones is 1. The number of hydrogen-bond acceptors (Lipinski definition) is 9. The number of nitrogens with one attached hydrogen (secondary N) is 1. The van der Waals surface area contributed by atoms with E-state index in [0.717, 1.165) is 28.6 Å². The van der Waals surface area contributed by atoms with Crippen LogP contribution in [-0.2, 0) is 41.7 Å². The Morgan fingerprint density at radius 2 is 1.87 bits per heavy atom. The van der Waals surface area contributed by atoms with E-state index in [-0.39, 0.29) is 30.5 Å². The molecule has 0 saturated carbocycles. The number of carbonyl (C=O) groups excluding carboxylic acids is 4. The van der Waals surface area contributed by atoms with Crippen LogP contribution in [0.3, 0.4) is 0 Å². The number of rotatable bonds is 12. The predicted molar refractivity (Wildman–Crippen MR) is 138 cm³/mol. The van der Waals surface area contributed by atoms with Crippen LogP contribution in [0.4, 0.5) is 0 Å². The second kappa shape index (κ2) is 12.9. The Hall–Kier alpha value is -3.41. The van der Waals surface area contributed by atoms with Gasteiger partial charge in [-0.1, -0.05) is 42.5 Å². The van der Waals surface area contributed by atoms with E-state index in [9.17, 15) is 24.3 Å². The van der Waals surface area contributed by atoms with E-state index < -0.39 is 35.6 Å². The molecule has 2 fully saturated rings. The fourth-order valence-corrected chi connectivity index (χ4v) is 5.50. The zero-order chi connectivity index (χ0) is 27.1. The first-order valence-electron chi connectivity index (χ1n) is 12.3. The molecule has 2 aliphatic rings. The summed E-state index contributed by atoms with van der Waals surface area (Å²) in [4.78, 5) is 51.7. The molecule has 0 aromatic heterocycles. The summed E-state index contributed by atoms with van der Waals surface area (Å²) < 4.78 is 15.7. The maximum Gasteiger partial charge on any atom is 0.356 e. The number of ether oxygens (including phenoxy) is 3. The molecule has 2 N–H and O–H groups in total. The van der Waals surface area contributed by atoms with Crippen molar-refractivity contribution in [2.45, 2.75) is 49.6 Å². The summed E-state index contributed by atoms with van der Waals surface area (Å²) in [5.74, 6) is -1.54. The quantitative estimate of drug-likeness (QED) is 0.302. The largest absolute Gasteiger partial charge is 0.497 e. The van der Waals surface area contributed by atoms with E-state index in [1.54, 1.807) is 36.4 Å². The van der Waals surface area contributed by atoms with Gasteiger partial charge in [-0.15, -0.1) is 11.8 Å². The molecule has 10 nitrogen and oxygen atoms in total. The molecule has 0 bridgehead atoms. The molecule has 2 amide bonds. The number of thioether (sulfide) groups is 1. The fourth-order valence-electron chi connectivity index (χ4n) is 4.22. The minimum absolute atomic E-state index is 0.00220. The number of aliphatic hydroxyl groups is 1. The molecule has 0 aliphatic carbocycles. The molecule has 2 saturated heterocycles. The lowest BCUT2D eigenvalue weighted by atomic mass is 10.1. The van der Waals surface area contributed by atoms with Gasteiger partial charge in [0, 0.05) is 6.61 Å². The van der Waals surface area contributed by atoms with Gasteiger partial charge in [0.25, 0.3) is 5.91 Å². The Bertz CT molecular complexity index is 1140. The van der Waals surface area contributed by atoms with Gasteiger partial charge in [0.05, 0.1) is 19.3 Å². The van der Waals surface area contributed by atoms with Crippen molar-refractivity contribution in [1.29, 1.82) is 0 Å². The molecule has 2 aromatic rings. The average molecular weight is 543 g/mol. The maximum atomic E-state index is 13.0. The zero-order valence-corrected chi connectivity index (χ0v) is 21.7. The zero-order valence-electron chi connectivity index (χ0n) is 20.9. The van der Waals surface area contributed by atoms with Crippen LogP contribution in [0.15, 0.2) is 54.6 Å². The van der Waals surface area contributed by atoms with Crippen molar-refractivity contribution < 1.29 is 38.5 Å². The van der Waals surface area contributed by atoms with Gasteiger partial charge < -0.3 is 24.6 Å². The van der Waals surface area contributed by atoms with E-state index in [0.29, 0.717) is 24.3 Å². The first-order chi connectivity index (χ1) is 18.4. The van der Waals surface area contributed by atoms with Crippen LogP contribution < -0.4 is 10.1 Å². The second-order valence-corrected chi connectivity index (χ2v) is 10.1. The molecule has 2 heterocycles. The average Bonchev–Trinajstić information content (AvgIpc) is 3.48. The van der Waals surface area contributed by atoms with Gasteiger partial charge in [-0.25, -0.2) is 4.79 Å². The van der Waals surface area contributed by atoms with Crippen LogP contribution in [0.2, 0.25) is 0 Å². The van der Waals surface area contributed by atoms with Gasteiger partial charge in [-0.2, -0.15) is 0 Å². The van der Waals surface area contributed by atoms with Crippen molar-refractivity contribution in [2.24, 2.45) is 0 Å².